The lowest BCUT2D eigenvalue weighted by Gasteiger charge is -2.25. The fraction of sp³-hybridized carbons (Fsp3) is 0.174. The number of halogens is 2. The Balaban J connectivity index is 1.70. The van der Waals surface area contributed by atoms with Gasteiger partial charge in [0, 0.05) is 11.8 Å². The number of amides is 1. The molecule has 0 aliphatic heterocycles. The summed E-state index contributed by atoms with van der Waals surface area (Å²) in [6.45, 7) is 5.94. The summed E-state index contributed by atoms with van der Waals surface area (Å²) >= 11 is 6.26. The van der Waals surface area contributed by atoms with E-state index in [0.29, 0.717) is 28.3 Å². The number of hydrogen-bond acceptors (Lipinski definition) is 6. The number of anilines is 2. The summed E-state index contributed by atoms with van der Waals surface area (Å²) < 4.78 is 15.1. The summed E-state index contributed by atoms with van der Waals surface area (Å²) in [5.74, 6) is -1.00. The summed E-state index contributed by atoms with van der Waals surface area (Å²) in [5.41, 5.74) is 8.34. The maximum absolute atomic E-state index is 15.1. The number of hydrogen-bond donors (Lipinski definition) is 2. The molecule has 1 aromatic carbocycles. The van der Waals surface area contributed by atoms with Gasteiger partial charge in [-0.3, -0.25) is 9.78 Å². The maximum Gasteiger partial charge on any atom is 0.258 e. The van der Waals surface area contributed by atoms with E-state index in [1.54, 1.807) is 18.3 Å². The number of nitrogen functional groups attached to an aromatic ring is 1. The number of nitrogens with one attached hydrogen (secondary N) is 1. The molecule has 0 atom stereocenters. The molecule has 0 saturated carbocycles. The average Bonchev–Trinajstić information content (AvgIpc) is 3.27. The Morgan fingerprint density at radius 1 is 1.09 bits per heavy atom. The van der Waals surface area contributed by atoms with Crippen molar-refractivity contribution in [3.8, 4) is 16.9 Å². The van der Waals surface area contributed by atoms with Gasteiger partial charge in [0.1, 0.15) is 5.82 Å². The first-order chi connectivity index (χ1) is 15.6. The van der Waals surface area contributed by atoms with Crippen LogP contribution >= 0.6 is 11.6 Å². The molecule has 1 amide bonds. The Morgan fingerprint density at radius 3 is 2.45 bits per heavy atom. The van der Waals surface area contributed by atoms with E-state index in [1.807, 2.05) is 20.8 Å². The zero-order valence-corrected chi connectivity index (χ0v) is 18.9. The molecule has 0 aliphatic carbocycles. The molecule has 8 nitrogen and oxygen atoms in total. The first-order valence-corrected chi connectivity index (χ1v) is 10.4. The molecule has 0 bridgehead atoms. The number of rotatable bonds is 4. The number of aromatic nitrogens is 5. The van der Waals surface area contributed by atoms with Crippen LogP contribution in [0, 0.1) is 5.82 Å². The van der Waals surface area contributed by atoms with Gasteiger partial charge in [-0.2, -0.15) is 10.2 Å². The van der Waals surface area contributed by atoms with Crippen LogP contribution in [0.25, 0.3) is 16.9 Å². The minimum atomic E-state index is -0.678. The summed E-state index contributed by atoms with van der Waals surface area (Å²) in [6, 6.07) is 6.11. The zero-order valence-electron chi connectivity index (χ0n) is 18.2. The van der Waals surface area contributed by atoms with Crippen LogP contribution in [0.5, 0.6) is 0 Å². The van der Waals surface area contributed by atoms with Gasteiger partial charge in [0.2, 0.25) is 0 Å². The highest BCUT2D eigenvalue weighted by Crippen LogP contribution is 2.37. The average molecular weight is 466 g/mol. The summed E-state index contributed by atoms with van der Waals surface area (Å²) in [7, 11) is 0. The lowest BCUT2D eigenvalue weighted by atomic mass is 9.80. The van der Waals surface area contributed by atoms with Crippen molar-refractivity contribution in [3.63, 3.8) is 0 Å². The van der Waals surface area contributed by atoms with E-state index in [9.17, 15) is 4.79 Å². The van der Waals surface area contributed by atoms with Crippen LogP contribution in [0.2, 0.25) is 5.02 Å². The molecule has 0 spiro atoms. The highest BCUT2D eigenvalue weighted by atomic mass is 35.5. The molecule has 0 radical (unpaired) electrons. The Hall–Kier alpha value is -3.85. The first-order valence-electron chi connectivity index (χ1n) is 10.0. The third-order valence-corrected chi connectivity index (χ3v) is 5.27. The second-order valence-electron chi connectivity index (χ2n) is 8.39. The number of pyridine rings is 2. The Kier molecular flexibility index (Phi) is 5.82. The van der Waals surface area contributed by atoms with Crippen molar-refractivity contribution in [1.29, 1.82) is 0 Å². The standard InChI is InChI=1S/C23H21ClFN7O/c1-23(2,3)17-9-16(19(25)10-15(17)14-4-5-27-12-20(14)26)22(33)31-13-8-18(24)21(28-11-13)32-29-6-7-30-32/h4-12H,26H2,1-3H3,(H,31,33). The van der Waals surface area contributed by atoms with Gasteiger partial charge in [-0.25, -0.2) is 9.37 Å². The SMILES string of the molecule is CC(C)(C)c1cc(C(=O)Nc2cnc(-n3nccn3)c(Cl)c2)c(F)cc1-c1ccncc1N. The molecule has 3 heterocycles. The fourth-order valence-corrected chi connectivity index (χ4v) is 3.65. The quantitative estimate of drug-likeness (QED) is 0.453. The molecule has 0 aliphatic rings. The molecule has 4 aromatic rings. The third-order valence-electron chi connectivity index (χ3n) is 4.99. The van der Waals surface area contributed by atoms with Gasteiger partial charge in [0.05, 0.1) is 46.7 Å². The van der Waals surface area contributed by atoms with Crippen LogP contribution in [0.15, 0.2) is 55.2 Å². The molecule has 4 rings (SSSR count). The van der Waals surface area contributed by atoms with E-state index >= 15 is 4.39 Å². The Labute approximate surface area is 194 Å². The molecular formula is C23H21ClFN7O. The number of carbonyl (C=O) groups is 1. The Morgan fingerprint density at radius 2 is 1.82 bits per heavy atom. The highest BCUT2D eigenvalue weighted by Gasteiger charge is 2.25. The van der Waals surface area contributed by atoms with Crippen LogP contribution in [0.4, 0.5) is 15.8 Å². The fourth-order valence-electron chi connectivity index (χ4n) is 3.41. The van der Waals surface area contributed by atoms with E-state index < -0.39 is 17.1 Å². The molecule has 3 aromatic heterocycles. The van der Waals surface area contributed by atoms with Crippen molar-refractivity contribution in [1.82, 2.24) is 25.0 Å². The van der Waals surface area contributed by atoms with Crippen molar-refractivity contribution in [2.45, 2.75) is 26.2 Å². The number of benzene rings is 1. The van der Waals surface area contributed by atoms with E-state index in [1.165, 1.54) is 41.7 Å². The molecular weight excluding hydrogens is 445 g/mol. The zero-order chi connectivity index (χ0) is 23.8. The molecule has 0 saturated heterocycles. The van der Waals surface area contributed by atoms with Crippen molar-refractivity contribution in [2.75, 3.05) is 11.1 Å². The van der Waals surface area contributed by atoms with Crippen LogP contribution in [0.1, 0.15) is 36.7 Å². The van der Waals surface area contributed by atoms with Crippen molar-refractivity contribution < 1.29 is 9.18 Å². The van der Waals surface area contributed by atoms with Gasteiger partial charge in [-0.05, 0) is 40.8 Å². The molecule has 10 heteroatoms. The summed E-state index contributed by atoms with van der Waals surface area (Å²) in [6.07, 6.45) is 7.49. The monoisotopic (exact) mass is 465 g/mol. The smallest absolute Gasteiger partial charge is 0.258 e. The number of carbonyl (C=O) groups excluding carboxylic acids is 1. The third kappa shape index (κ3) is 4.54. The van der Waals surface area contributed by atoms with E-state index in [2.05, 4.69) is 25.5 Å². The molecule has 0 fully saturated rings. The Bertz CT molecular complexity index is 1330. The summed E-state index contributed by atoms with van der Waals surface area (Å²) in [5, 5.41) is 10.8. The molecule has 0 unspecified atom stereocenters. The van der Waals surface area contributed by atoms with E-state index in [4.69, 9.17) is 17.3 Å². The van der Waals surface area contributed by atoms with Crippen molar-refractivity contribution >= 4 is 28.9 Å². The normalized spacial score (nSPS) is 11.4. The summed E-state index contributed by atoms with van der Waals surface area (Å²) in [4.78, 5) is 22.4. The van der Waals surface area contributed by atoms with Crippen molar-refractivity contribution in [2.24, 2.45) is 0 Å². The molecule has 3 N–H and O–H groups in total. The lowest BCUT2D eigenvalue weighted by Crippen LogP contribution is -2.19. The first kappa shape index (κ1) is 22.3. The minimum absolute atomic E-state index is 0.106. The van der Waals surface area contributed by atoms with E-state index in [0.717, 1.165) is 5.56 Å². The van der Waals surface area contributed by atoms with Gasteiger partial charge in [-0.1, -0.05) is 32.4 Å². The maximum atomic E-state index is 15.1. The molecule has 168 valence electrons. The highest BCUT2D eigenvalue weighted by molar-refractivity contribution is 6.32. The van der Waals surface area contributed by atoms with Crippen molar-refractivity contribution in [3.05, 3.63) is 77.2 Å². The topological polar surface area (TPSA) is 112 Å². The van der Waals surface area contributed by atoms with Gasteiger partial charge in [-0.15, -0.1) is 4.80 Å². The largest absolute Gasteiger partial charge is 0.397 e. The van der Waals surface area contributed by atoms with Gasteiger partial charge in [0.15, 0.2) is 5.82 Å². The minimum Gasteiger partial charge on any atom is -0.397 e. The van der Waals surface area contributed by atoms with Crippen LogP contribution in [-0.4, -0.2) is 30.9 Å². The predicted molar refractivity (Wildman–Crippen MR) is 125 cm³/mol. The second-order valence-corrected chi connectivity index (χ2v) is 8.80. The number of nitrogens with two attached hydrogens (primary N) is 1. The van der Waals surface area contributed by atoms with Gasteiger partial charge < -0.3 is 11.1 Å². The number of nitrogens with zero attached hydrogens (tertiary/aromatic N) is 5. The van der Waals surface area contributed by atoms with Crippen LogP contribution in [-0.2, 0) is 5.41 Å². The predicted octanol–water partition coefficient (Wildman–Crippen LogP) is 4.65. The van der Waals surface area contributed by atoms with Gasteiger partial charge >= 0.3 is 0 Å². The van der Waals surface area contributed by atoms with Crippen LogP contribution < -0.4 is 11.1 Å². The molecule has 33 heavy (non-hydrogen) atoms. The van der Waals surface area contributed by atoms with Crippen LogP contribution in [0.3, 0.4) is 0 Å². The van der Waals surface area contributed by atoms with Gasteiger partial charge in [0.25, 0.3) is 5.91 Å². The lowest BCUT2D eigenvalue weighted by molar-refractivity contribution is 0.102. The van der Waals surface area contributed by atoms with E-state index in [-0.39, 0.29) is 10.6 Å². The second kappa shape index (κ2) is 8.59.